The number of hydrogen-bond donors (Lipinski definition) is 1. The molecule has 0 saturated heterocycles. The molecular weight excluding hydrogens is 328 g/mol. The first kappa shape index (κ1) is 22.2. The average molecular weight is 359 g/mol. The van der Waals surface area contributed by atoms with E-state index < -0.39 is 38.0 Å². The van der Waals surface area contributed by atoms with Crippen LogP contribution >= 0.6 is 0 Å². The number of carboxylic acid groups (broad SMARTS) is 1. The number of likely N-dealkylation sites (N-methyl/N-ethyl adjacent to an activating group) is 2. The van der Waals surface area contributed by atoms with Gasteiger partial charge in [-0.05, 0) is 12.5 Å². The number of carbonyl (C=O) groups excluding carboxylic acids is 2. The molecule has 0 rings (SSSR count). The smallest absolute Gasteiger partial charge is 0.410 e. The zero-order chi connectivity index (χ0) is 19.1. The summed E-state index contributed by atoms with van der Waals surface area (Å²) in [5.74, 6) is -1.65. The third kappa shape index (κ3) is 6.35. The number of ether oxygens (including phenoxy) is 1. The van der Waals surface area contributed by atoms with Gasteiger partial charge in [0.2, 0.25) is 5.91 Å². The lowest BCUT2D eigenvalue weighted by atomic mass is 9.88. The number of rotatable bonds is 9. The molecule has 0 radical (unpaired) electrons. The fraction of sp³-hybridized carbons (Fsp3) is 0.688. The normalized spacial score (nSPS) is 13.6. The Morgan fingerprint density at radius 3 is 2.12 bits per heavy atom. The molecule has 0 aliphatic rings. The molecule has 0 aliphatic heterocycles. The molecule has 0 aromatic rings. The fourth-order valence-electron chi connectivity index (χ4n) is 2.26. The number of hydrogen-bond acceptors (Lipinski definition) is 4. The standard InChI is InChI=1S/C16H30N2O5Si/c1-8-9-16(12-13(19)20,14(21)17(2)3)18(4)15(22)23-10-11-24(5,6)7/h8H,1,9-12H2,2-7H3,(H,19,20). The quantitative estimate of drug-likeness (QED) is 0.505. The highest BCUT2D eigenvalue weighted by atomic mass is 28.3. The lowest BCUT2D eigenvalue weighted by Gasteiger charge is -2.39. The van der Waals surface area contributed by atoms with Crippen LogP contribution in [0.3, 0.4) is 0 Å². The second-order valence-electron chi connectivity index (χ2n) is 7.28. The Labute approximate surface area is 145 Å². The van der Waals surface area contributed by atoms with Gasteiger partial charge >= 0.3 is 12.1 Å². The third-order valence-corrected chi connectivity index (χ3v) is 5.43. The van der Waals surface area contributed by atoms with Crippen LogP contribution in [0.25, 0.3) is 0 Å². The first-order valence-electron chi connectivity index (χ1n) is 7.82. The van der Waals surface area contributed by atoms with Crippen LogP contribution in [0, 0.1) is 0 Å². The minimum atomic E-state index is -1.55. The average Bonchev–Trinajstić information content (AvgIpc) is 2.42. The summed E-state index contributed by atoms with van der Waals surface area (Å²) in [4.78, 5) is 38.7. The first-order chi connectivity index (χ1) is 10.9. The Morgan fingerprint density at radius 2 is 1.75 bits per heavy atom. The van der Waals surface area contributed by atoms with Crippen molar-refractivity contribution < 1.29 is 24.2 Å². The van der Waals surface area contributed by atoms with Gasteiger partial charge in [-0.15, -0.1) is 6.58 Å². The maximum Gasteiger partial charge on any atom is 0.410 e. The van der Waals surface area contributed by atoms with E-state index in [1.807, 2.05) is 0 Å². The molecular formula is C16H30N2O5Si. The molecule has 0 aromatic carbocycles. The van der Waals surface area contributed by atoms with E-state index in [0.29, 0.717) is 0 Å². The summed E-state index contributed by atoms with van der Waals surface area (Å²) in [5.41, 5.74) is -1.55. The van der Waals surface area contributed by atoms with Crippen molar-refractivity contribution in [3.63, 3.8) is 0 Å². The van der Waals surface area contributed by atoms with Gasteiger partial charge in [0, 0.05) is 29.2 Å². The highest BCUT2D eigenvalue weighted by molar-refractivity contribution is 6.76. The van der Waals surface area contributed by atoms with Crippen LogP contribution in [0.2, 0.25) is 25.7 Å². The molecule has 2 amide bonds. The Hall–Kier alpha value is -1.83. The molecule has 1 unspecified atom stereocenters. The van der Waals surface area contributed by atoms with Crippen molar-refractivity contribution in [3.05, 3.63) is 12.7 Å². The molecule has 138 valence electrons. The summed E-state index contributed by atoms with van der Waals surface area (Å²) in [7, 11) is 3.07. The molecule has 0 aromatic heterocycles. The van der Waals surface area contributed by atoms with Crippen molar-refractivity contribution in [2.45, 2.75) is 44.1 Å². The molecule has 7 nitrogen and oxygen atoms in total. The van der Waals surface area contributed by atoms with E-state index in [-0.39, 0.29) is 13.0 Å². The number of carbonyl (C=O) groups is 3. The van der Waals surface area contributed by atoms with Crippen LogP contribution in [0.4, 0.5) is 4.79 Å². The molecule has 24 heavy (non-hydrogen) atoms. The highest BCUT2D eigenvalue weighted by Gasteiger charge is 2.47. The van der Waals surface area contributed by atoms with Crippen LogP contribution in [0.15, 0.2) is 12.7 Å². The van der Waals surface area contributed by atoms with Crippen molar-refractivity contribution in [1.82, 2.24) is 9.80 Å². The van der Waals surface area contributed by atoms with E-state index in [9.17, 15) is 19.5 Å². The van der Waals surface area contributed by atoms with Crippen LogP contribution in [0.5, 0.6) is 0 Å². The van der Waals surface area contributed by atoms with Gasteiger partial charge in [0.25, 0.3) is 0 Å². The summed E-state index contributed by atoms with van der Waals surface area (Å²) in [5, 5.41) is 9.24. The van der Waals surface area contributed by atoms with Gasteiger partial charge in [0.05, 0.1) is 13.0 Å². The topological polar surface area (TPSA) is 87.2 Å². The Bertz CT molecular complexity index is 487. The highest BCUT2D eigenvalue weighted by Crippen LogP contribution is 2.27. The lowest BCUT2D eigenvalue weighted by molar-refractivity contribution is -0.150. The summed E-state index contributed by atoms with van der Waals surface area (Å²) < 4.78 is 5.27. The lowest BCUT2D eigenvalue weighted by Crippen LogP contribution is -2.60. The summed E-state index contributed by atoms with van der Waals surface area (Å²) >= 11 is 0. The summed E-state index contributed by atoms with van der Waals surface area (Å²) in [6.45, 7) is 10.3. The minimum absolute atomic E-state index is 0.0237. The van der Waals surface area contributed by atoms with Gasteiger partial charge in [-0.25, -0.2) is 4.79 Å². The van der Waals surface area contributed by atoms with Crippen molar-refractivity contribution in [1.29, 1.82) is 0 Å². The van der Waals surface area contributed by atoms with E-state index >= 15 is 0 Å². The summed E-state index contributed by atoms with van der Waals surface area (Å²) in [6.07, 6.45) is 0.244. The van der Waals surface area contributed by atoms with Crippen molar-refractivity contribution in [2.24, 2.45) is 0 Å². The van der Waals surface area contributed by atoms with E-state index in [1.165, 1.54) is 32.1 Å². The van der Waals surface area contributed by atoms with E-state index in [4.69, 9.17) is 4.74 Å². The predicted octanol–water partition coefficient (Wildman–Crippen LogP) is 2.27. The molecule has 0 bridgehead atoms. The number of carboxylic acids is 1. The van der Waals surface area contributed by atoms with E-state index in [2.05, 4.69) is 26.2 Å². The van der Waals surface area contributed by atoms with Gasteiger partial charge in [-0.1, -0.05) is 25.7 Å². The van der Waals surface area contributed by atoms with E-state index in [0.717, 1.165) is 10.9 Å². The predicted molar refractivity (Wildman–Crippen MR) is 95.8 cm³/mol. The van der Waals surface area contributed by atoms with Crippen molar-refractivity contribution in [3.8, 4) is 0 Å². The molecule has 0 saturated carbocycles. The molecule has 0 aliphatic carbocycles. The number of amides is 2. The molecule has 0 spiro atoms. The SMILES string of the molecule is C=CCC(CC(=O)O)(C(=O)N(C)C)N(C)C(=O)OCC[Si](C)(C)C. The minimum Gasteiger partial charge on any atom is -0.481 e. The van der Waals surface area contributed by atoms with Crippen LogP contribution in [-0.2, 0) is 14.3 Å². The monoisotopic (exact) mass is 358 g/mol. The zero-order valence-electron chi connectivity index (χ0n) is 15.6. The Balaban J connectivity index is 5.44. The zero-order valence-corrected chi connectivity index (χ0v) is 16.6. The Kier molecular flexibility index (Phi) is 8.19. The molecule has 0 fully saturated rings. The summed E-state index contributed by atoms with van der Waals surface area (Å²) in [6, 6.07) is 0.793. The maximum absolute atomic E-state index is 12.6. The third-order valence-electron chi connectivity index (χ3n) is 3.72. The van der Waals surface area contributed by atoms with Crippen LogP contribution in [0.1, 0.15) is 12.8 Å². The fourth-order valence-corrected chi connectivity index (χ4v) is 2.97. The van der Waals surface area contributed by atoms with Gasteiger partial charge in [0.1, 0.15) is 5.54 Å². The van der Waals surface area contributed by atoms with Gasteiger partial charge in [0.15, 0.2) is 0 Å². The van der Waals surface area contributed by atoms with Gasteiger partial charge < -0.3 is 14.7 Å². The van der Waals surface area contributed by atoms with Gasteiger partial charge in [-0.3, -0.25) is 14.5 Å². The second kappa shape index (κ2) is 8.86. The van der Waals surface area contributed by atoms with Crippen molar-refractivity contribution >= 4 is 26.0 Å². The van der Waals surface area contributed by atoms with Crippen LogP contribution in [-0.4, -0.2) is 74.2 Å². The molecule has 1 atom stereocenters. The van der Waals surface area contributed by atoms with E-state index in [1.54, 1.807) is 0 Å². The molecule has 1 N–H and O–H groups in total. The Morgan fingerprint density at radius 1 is 1.21 bits per heavy atom. The second-order valence-corrected chi connectivity index (χ2v) is 12.9. The molecule has 8 heteroatoms. The molecule has 0 heterocycles. The number of aliphatic carboxylic acids is 1. The first-order valence-corrected chi connectivity index (χ1v) is 11.5. The number of nitrogens with zero attached hydrogens (tertiary/aromatic N) is 2. The maximum atomic E-state index is 12.6. The van der Waals surface area contributed by atoms with Gasteiger partial charge in [-0.2, -0.15) is 0 Å². The van der Waals surface area contributed by atoms with Crippen molar-refractivity contribution in [2.75, 3.05) is 27.7 Å². The van der Waals surface area contributed by atoms with Crippen LogP contribution < -0.4 is 0 Å². The largest absolute Gasteiger partial charge is 0.481 e.